The molecule has 1 amide bonds. The second-order valence-corrected chi connectivity index (χ2v) is 8.33. The van der Waals surface area contributed by atoms with E-state index in [4.69, 9.17) is 4.52 Å². The van der Waals surface area contributed by atoms with Gasteiger partial charge < -0.3 is 9.84 Å². The van der Waals surface area contributed by atoms with Crippen molar-refractivity contribution in [3.63, 3.8) is 0 Å². The van der Waals surface area contributed by atoms with Crippen LogP contribution in [-0.2, 0) is 11.3 Å². The average Bonchev–Trinajstić information content (AvgIpc) is 3.34. The lowest BCUT2D eigenvalue weighted by Crippen LogP contribution is -2.37. The van der Waals surface area contributed by atoms with E-state index in [0.717, 1.165) is 48.3 Å². The summed E-state index contributed by atoms with van der Waals surface area (Å²) in [5.74, 6) is 1.29. The molecule has 1 fully saturated rings. The Morgan fingerprint density at radius 3 is 2.24 bits per heavy atom. The number of rotatable bonds is 6. The van der Waals surface area contributed by atoms with Crippen molar-refractivity contribution in [2.45, 2.75) is 19.4 Å². The van der Waals surface area contributed by atoms with Crippen LogP contribution >= 0.6 is 0 Å². The minimum atomic E-state index is -0.00681. The fourth-order valence-corrected chi connectivity index (χ4v) is 4.26. The largest absolute Gasteiger partial charge is 0.338 e. The van der Waals surface area contributed by atoms with Crippen LogP contribution in [0.3, 0.4) is 0 Å². The molecule has 0 radical (unpaired) electrons. The smallest absolute Gasteiger partial charge is 0.241 e. The monoisotopic (exact) mass is 438 g/mol. The highest BCUT2D eigenvalue weighted by molar-refractivity contribution is 5.96. The van der Waals surface area contributed by atoms with Crippen molar-refractivity contribution in [1.29, 1.82) is 0 Å². The number of para-hydroxylation sites is 1. The predicted octanol–water partition coefficient (Wildman–Crippen LogP) is 5.25. The first-order chi connectivity index (χ1) is 16.3. The first-order valence-corrected chi connectivity index (χ1v) is 11.3. The highest BCUT2D eigenvalue weighted by atomic mass is 16.5. The Morgan fingerprint density at radius 1 is 0.879 bits per heavy atom. The summed E-state index contributed by atoms with van der Waals surface area (Å²) >= 11 is 0. The number of carbonyl (C=O) groups is 1. The SMILES string of the molecule is O=C(Nc1ccccc1-c1ccccc1)C1CCN(Cc2nc(-c3ccccc3)no2)CC1. The fraction of sp³-hybridized carbons (Fsp3) is 0.222. The Kier molecular flexibility index (Phi) is 6.26. The van der Waals surface area contributed by atoms with Gasteiger partial charge in [0.2, 0.25) is 17.6 Å². The molecular formula is C27H26N4O2. The summed E-state index contributed by atoms with van der Waals surface area (Å²) in [4.78, 5) is 19.8. The van der Waals surface area contributed by atoms with Crippen molar-refractivity contribution < 1.29 is 9.32 Å². The van der Waals surface area contributed by atoms with Crippen LogP contribution in [0.5, 0.6) is 0 Å². The average molecular weight is 439 g/mol. The van der Waals surface area contributed by atoms with E-state index in [1.807, 2.05) is 72.8 Å². The van der Waals surface area contributed by atoms with Gasteiger partial charge in [-0.2, -0.15) is 4.98 Å². The van der Waals surface area contributed by atoms with Crippen LogP contribution in [0.2, 0.25) is 0 Å². The zero-order valence-electron chi connectivity index (χ0n) is 18.4. The lowest BCUT2D eigenvalue weighted by molar-refractivity contribution is -0.121. The first-order valence-electron chi connectivity index (χ1n) is 11.3. The number of benzene rings is 3. The lowest BCUT2D eigenvalue weighted by Gasteiger charge is -2.30. The van der Waals surface area contributed by atoms with Gasteiger partial charge >= 0.3 is 0 Å². The minimum absolute atomic E-state index is 0.00681. The van der Waals surface area contributed by atoms with E-state index in [2.05, 4.69) is 32.5 Å². The van der Waals surface area contributed by atoms with Gasteiger partial charge in [-0.3, -0.25) is 9.69 Å². The molecule has 0 spiro atoms. The van der Waals surface area contributed by atoms with Crippen LogP contribution < -0.4 is 5.32 Å². The van der Waals surface area contributed by atoms with Crippen LogP contribution in [0.15, 0.2) is 89.5 Å². The number of nitrogens with one attached hydrogen (secondary N) is 1. The van der Waals surface area contributed by atoms with Crippen molar-refractivity contribution in [3.8, 4) is 22.5 Å². The lowest BCUT2D eigenvalue weighted by atomic mass is 9.95. The van der Waals surface area contributed by atoms with Crippen molar-refractivity contribution in [2.75, 3.05) is 18.4 Å². The van der Waals surface area contributed by atoms with Gasteiger partial charge in [0.05, 0.1) is 6.54 Å². The molecule has 5 rings (SSSR count). The molecule has 0 aliphatic carbocycles. The third-order valence-electron chi connectivity index (χ3n) is 6.09. The molecule has 0 saturated carbocycles. The Morgan fingerprint density at radius 2 is 1.52 bits per heavy atom. The van der Waals surface area contributed by atoms with E-state index >= 15 is 0 Å². The Bertz CT molecular complexity index is 1200. The predicted molar refractivity (Wildman–Crippen MR) is 128 cm³/mol. The number of piperidine rings is 1. The van der Waals surface area contributed by atoms with Gasteiger partial charge in [-0.05, 0) is 37.6 Å². The van der Waals surface area contributed by atoms with E-state index in [0.29, 0.717) is 18.3 Å². The summed E-state index contributed by atoms with van der Waals surface area (Å²) in [6.07, 6.45) is 1.61. The van der Waals surface area contributed by atoms with Gasteiger partial charge in [0.25, 0.3) is 0 Å². The molecule has 0 unspecified atom stereocenters. The van der Waals surface area contributed by atoms with Crippen LogP contribution in [-0.4, -0.2) is 34.0 Å². The Hall–Kier alpha value is -3.77. The molecule has 166 valence electrons. The van der Waals surface area contributed by atoms with Crippen molar-refractivity contribution in [2.24, 2.45) is 5.92 Å². The van der Waals surface area contributed by atoms with E-state index in [-0.39, 0.29) is 11.8 Å². The molecule has 2 heterocycles. The third kappa shape index (κ3) is 5.02. The number of amides is 1. The van der Waals surface area contributed by atoms with E-state index in [9.17, 15) is 4.79 Å². The zero-order chi connectivity index (χ0) is 22.5. The summed E-state index contributed by atoms with van der Waals surface area (Å²) in [5.41, 5.74) is 3.93. The zero-order valence-corrected chi connectivity index (χ0v) is 18.4. The Balaban J connectivity index is 1.17. The fourth-order valence-electron chi connectivity index (χ4n) is 4.26. The molecule has 1 aromatic heterocycles. The van der Waals surface area contributed by atoms with Crippen LogP contribution in [0.25, 0.3) is 22.5 Å². The highest BCUT2D eigenvalue weighted by Crippen LogP contribution is 2.29. The minimum Gasteiger partial charge on any atom is -0.338 e. The van der Waals surface area contributed by atoms with Gasteiger partial charge in [0, 0.05) is 22.7 Å². The van der Waals surface area contributed by atoms with E-state index in [1.165, 1.54) is 0 Å². The quantitative estimate of drug-likeness (QED) is 0.445. The first kappa shape index (κ1) is 21.1. The summed E-state index contributed by atoms with van der Waals surface area (Å²) in [6, 6.07) is 27.9. The molecule has 6 nitrogen and oxygen atoms in total. The van der Waals surface area contributed by atoms with Crippen molar-refractivity contribution in [1.82, 2.24) is 15.0 Å². The molecule has 6 heteroatoms. The van der Waals surface area contributed by atoms with Crippen LogP contribution in [0, 0.1) is 5.92 Å². The number of nitrogens with zero attached hydrogens (tertiary/aromatic N) is 3. The second-order valence-electron chi connectivity index (χ2n) is 8.33. The molecule has 0 bridgehead atoms. The molecule has 3 aromatic carbocycles. The third-order valence-corrected chi connectivity index (χ3v) is 6.09. The topological polar surface area (TPSA) is 71.3 Å². The van der Waals surface area contributed by atoms with Crippen molar-refractivity contribution in [3.05, 3.63) is 90.8 Å². The Labute approximate surface area is 193 Å². The summed E-state index contributed by atoms with van der Waals surface area (Å²) in [6.45, 7) is 2.24. The summed E-state index contributed by atoms with van der Waals surface area (Å²) in [5, 5.41) is 7.26. The molecular weight excluding hydrogens is 412 g/mol. The van der Waals surface area contributed by atoms with Gasteiger partial charge in [-0.1, -0.05) is 84.0 Å². The maximum Gasteiger partial charge on any atom is 0.241 e. The van der Waals surface area contributed by atoms with Crippen molar-refractivity contribution >= 4 is 11.6 Å². The molecule has 0 atom stereocenters. The summed E-state index contributed by atoms with van der Waals surface area (Å²) < 4.78 is 5.45. The molecule has 33 heavy (non-hydrogen) atoms. The standard InChI is InChI=1S/C27H26N4O2/c32-27(28-24-14-8-7-13-23(24)20-9-3-1-4-10-20)22-15-17-31(18-16-22)19-25-29-26(30-33-25)21-11-5-2-6-12-21/h1-14,22H,15-19H2,(H,28,32). The highest BCUT2D eigenvalue weighted by Gasteiger charge is 2.26. The maximum absolute atomic E-state index is 13.0. The summed E-state index contributed by atoms with van der Waals surface area (Å²) in [7, 11) is 0. The number of hydrogen-bond acceptors (Lipinski definition) is 5. The molecule has 1 N–H and O–H groups in total. The number of carbonyl (C=O) groups excluding carboxylic acids is 1. The number of aromatic nitrogens is 2. The van der Waals surface area contributed by atoms with Gasteiger partial charge in [-0.25, -0.2) is 0 Å². The number of likely N-dealkylation sites (tertiary alicyclic amines) is 1. The van der Waals surface area contributed by atoms with Gasteiger partial charge in [0.1, 0.15) is 0 Å². The molecule has 1 aliphatic heterocycles. The van der Waals surface area contributed by atoms with Gasteiger partial charge in [0.15, 0.2) is 0 Å². The number of anilines is 1. The van der Waals surface area contributed by atoms with E-state index < -0.39 is 0 Å². The maximum atomic E-state index is 13.0. The number of hydrogen-bond donors (Lipinski definition) is 1. The van der Waals surface area contributed by atoms with Gasteiger partial charge in [-0.15, -0.1) is 0 Å². The molecule has 1 saturated heterocycles. The molecule has 1 aliphatic rings. The van der Waals surface area contributed by atoms with Crippen LogP contribution in [0.4, 0.5) is 5.69 Å². The molecule has 4 aromatic rings. The van der Waals surface area contributed by atoms with Crippen LogP contribution in [0.1, 0.15) is 18.7 Å². The normalized spacial score (nSPS) is 14.8. The second kappa shape index (κ2) is 9.79. The van der Waals surface area contributed by atoms with E-state index in [1.54, 1.807) is 0 Å².